The largest absolute Gasteiger partial charge is 0.269 e. The summed E-state index contributed by atoms with van der Waals surface area (Å²) in [4.78, 5) is 21.0. The van der Waals surface area contributed by atoms with E-state index in [1.165, 1.54) is 6.20 Å². The molecule has 8 heteroatoms. The van der Waals surface area contributed by atoms with Crippen LogP contribution >= 0.6 is 27.5 Å². The van der Waals surface area contributed by atoms with Gasteiger partial charge in [-0.1, -0.05) is 25.0 Å². The predicted molar refractivity (Wildman–Crippen MR) is 103 cm³/mol. The second-order valence-electron chi connectivity index (χ2n) is 6.06. The molecule has 0 unspecified atom stereocenters. The molecule has 0 saturated heterocycles. The first-order valence-electron chi connectivity index (χ1n) is 8.30. The van der Waals surface area contributed by atoms with Gasteiger partial charge in [0.05, 0.1) is 10.5 Å². The van der Waals surface area contributed by atoms with E-state index in [0.717, 1.165) is 31.2 Å². The molecule has 1 aliphatic carbocycles. The number of nitrogens with one attached hydrogen (secondary N) is 1. The van der Waals surface area contributed by atoms with Gasteiger partial charge in [-0.2, -0.15) is 10.2 Å². The van der Waals surface area contributed by atoms with Crippen molar-refractivity contribution in [1.29, 1.82) is 5.26 Å². The van der Waals surface area contributed by atoms with Crippen molar-refractivity contribution >= 4 is 39.3 Å². The monoisotopic (exact) mass is 433 g/mol. The van der Waals surface area contributed by atoms with Gasteiger partial charge in [0.2, 0.25) is 5.82 Å². The molecule has 1 amide bonds. The first kappa shape index (κ1) is 18.6. The Morgan fingerprint density at radius 1 is 1.42 bits per heavy atom. The predicted octanol–water partition coefficient (Wildman–Crippen LogP) is 3.94. The zero-order chi connectivity index (χ0) is 18.5. The van der Waals surface area contributed by atoms with Crippen molar-refractivity contribution in [2.24, 2.45) is 0 Å². The average molecular weight is 435 g/mol. The Hall–Kier alpha value is -2.17. The topological polar surface area (TPSA) is 81.9 Å². The lowest BCUT2D eigenvalue weighted by Crippen LogP contribution is -2.48. The molecule has 1 aromatic heterocycles. The molecule has 0 radical (unpaired) electrons. The first-order valence-corrected chi connectivity index (χ1v) is 9.63. The second kappa shape index (κ2) is 8.47. The number of carbonyl (C=O) groups is 1. The number of nitrogens with zero attached hydrogens (tertiary/aromatic N) is 4. The highest BCUT2D eigenvalue weighted by Gasteiger charge is 2.28. The van der Waals surface area contributed by atoms with Gasteiger partial charge in [-0.3, -0.25) is 15.2 Å². The molecule has 2 aromatic rings. The summed E-state index contributed by atoms with van der Waals surface area (Å²) in [6.45, 7) is 0. The van der Waals surface area contributed by atoms with Gasteiger partial charge in [-0.05, 0) is 46.5 Å². The zero-order valence-corrected chi connectivity index (χ0v) is 16.3. The minimum Gasteiger partial charge on any atom is -0.267 e. The zero-order valence-electron chi connectivity index (χ0n) is 14.0. The number of hydrogen-bond donors (Lipinski definition) is 1. The number of anilines is 1. The summed E-state index contributed by atoms with van der Waals surface area (Å²) in [6, 6.07) is 9.25. The van der Waals surface area contributed by atoms with Gasteiger partial charge in [0, 0.05) is 17.6 Å². The molecule has 0 aliphatic heterocycles. The van der Waals surface area contributed by atoms with Gasteiger partial charge in [-0.15, -0.1) is 11.6 Å². The van der Waals surface area contributed by atoms with Crippen LogP contribution < -0.4 is 10.4 Å². The molecule has 6 nitrogen and oxygen atoms in total. The third-order valence-electron chi connectivity index (χ3n) is 4.31. The van der Waals surface area contributed by atoms with E-state index >= 15 is 0 Å². The summed E-state index contributed by atoms with van der Waals surface area (Å²) in [5, 5.41) is 10.9. The summed E-state index contributed by atoms with van der Waals surface area (Å²) < 4.78 is 0.623. The number of alkyl halides is 1. The van der Waals surface area contributed by atoms with E-state index in [1.807, 2.05) is 12.1 Å². The minimum absolute atomic E-state index is 0.0598. The van der Waals surface area contributed by atoms with Crippen molar-refractivity contribution < 1.29 is 4.79 Å². The number of hydrogen-bond acceptors (Lipinski definition) is 5. The first-order chi connectivity index (χ1) is 12.6. The van der Waals surface area contributed by atoms with Crippen LogP contribution in [0.3, 0.4) is 0 Å². The third kappa shape index (κ3) is 4.14. The van der Waals surface area contributed by atoms with E-state index in [4.69, 9.17) is 16.9 Å². The number of aromatic nitrogens is 2. The maximum Gasteiger partial charge on any atom is 0.269 e. The molecular weight excluding hydrogens is 418 g/mol. The fourth-order valence-corrected chi connectivity index (χ4v) is 3.58. The fourth-order valence-electron chi connectivity index (χ4n) is 3.03. The highest BCUT2D eigenvalue weighted by Crippen LogP contribution is 2.30. The molecule has 134 valence electrons. The highest BCUT2D eigenvalue weighted by atomic mass is 79.9. The van der Waals surface area contributed by atoms with E-state index in [0.29, 0.717) is 21.7 Å². The molecule has 0 atom stereocenters. The Morgan fingerprint density at radius 3 is 2.88 bits per heavy atom. The third-order valence-corrected chi connectivity index (χ3v) is 5.18. The quantitative estimate of drug-likeness (QED) is 0.569. The van der Waals surface area contributed by atoms with Crippen LogP contribution in [0.2, 0.25) is 0 Å². The van der Waals surface area contributed by atoms with Gasteiger partial charge in [0.15, 0.2) is 5.82 Å². The molecular formula is C18H17BrClN5O. The molecule has 1 heterocycles. The number of rotatable bonds is 5. The highest BCUT2D eigenvalue weighted by molar-refractivity contribution is 9.10. The number of halogens is 2. The van der Waals surface area contributed by atoms with E-state index in [9.17, 15) is 4.79 Å². The van der Waals surface area contributed by atoms with Crippen molar-refractivity contribution in [2.45, 2.75) is 37.6 Å². The molecule has 0 bridgehead atoms. The summed E-state index contributed by atoms with van der Waals surface area (Å²) in [6.07, 6.45) is 5.60. The number of nitriles is 1. The Labute approximate surface area is 165 Å². The van der Waals surface area contributed by atoms with E-state index < -0.39 is 0 Å². The van der Waals surface area contributed by atoms with Crippen molar-refractivity contribution in [1.82, 2.24) is 15.4 Å². The maximum absolute atomic E-state index is 12.8. The number of benzene rings is 1. The lowest BCUT2D eigenvalue weighted by Gasteiger charge is -2.30. The van der Waals surface area contributed by atoms with Gasteiger partial charge < -0.3 is 0 Å². The van der Waals surface area contributed by atoms with Gasteiger partial charge >= 0.3 is 0 Å². The van der Waals surface area contributed by atoms with Gasteiger partial charge in [0.1, 0.15) is 6.07 Å². The second-order valence-corrected chi connectivity index (χ2v) is 7.18. The molecule has 0 spiro atoms. The average Bonchev–Trinajstić information content (AvgIpc) is 3.21. The Balaban J connectivity index is 1.92. The SMILES string of the molecule is N#Cc1ncc(Br)c(N(NC(=O)c2cccc(CCl)c2)C2CCCC2)n1. The Bertz CT molecular complexity index is 848. The maximum atomic E-state index is 12.8. The number of carbonyl (C=O) groups excluding carboxylic acids is 1. The van der Waals surface area contributed by atoms with Crippen LogP contribution in [0.25, 0.3) is 0 Å². The molecule has 1 aromatic carbocycles. The van der Waals surface area contributed by atoms with Crippen molar-refractivity contribution in [2.75, 3.05) is 5.01 Å². The van der Waals surface area contributed by atoms with Crippen LogP contribution in [-0.2, 0) is 5.88 Å². The van der Waals surface area contributed by atoms with Gasteiger partial charge in [0.25, 0.3) is 5.91 Å². The van der Waals surface area contributed by atoms with E-state index in [1.54, 1.807) is 23.2 Å². The summed E-state index contributed by atoms with van der Waals surface area (Å²) in [5.74, 6) is 0.652. The summed E-state index contributed by atoms with van der Waals surface area (Å²) in [5.41, 5.74) is 4.36. The fraction of sp³-hybridized carbons (Fsp3) is 0.333. The van der Waals surface area contributed by atoms with Crippen LogP contribution in [0.1, 0.15) is 47.4 Å². The normalized spacial score (nSPS) is 14.0. The number of amides is 1. The van der Waals surface area contributed by atoms with Crippen LogP contribution in [0, 0.1) is 11.3 Å². The van der Waals surface area contributed by atoms with Crippen molar-refractivity contribution in [3.05, 3.63) is 51.9 Å². The summed E-state index contributed by atoms with van der Waals surface area (Å²) >= 11 is 9.30. The smallest absolute Gasteiger partial charge is 0.267 e. The van der Waals surface area contributed by atoms with E-state index in [2.05, 4.69) is 31.3 Å². The lowest BCUT2D eigenvalue weighted by molar-refractivity contribution is 0.0943. The molecule has 26 heavy (non-hydrogen) atoms. The number of hydrazine groups is 1. The Morgan fingerprint density at radius 2 is 2.19 bits per heavy atom. The molecule has 1 saturated carbocycles. The molecule has 1 aliphatic rings. The standard InChI is InChI=1S/C18H17BrClN5O/c19-15-11-22-16(10-21)23-17(15)25(14-6-1-2-7-14)24-18(26)13-5-3-4-12(8-13)9-20/h3-5,8,11,14H,1-2,6-7,9H2,(H,24,26). The van der Waals surface area contributed by atoms with Gasteiger partial charge in [-0.25, -0.2) is 4.98 Å². The van der Waals surface area contributed by atoms with Crippen LogP contribution in [0.15, 0.2) is 34.9 Å². The van der Waals surface area contributed by atoms with Crippen LogP contribution in [0.4, 0.5) is 5.82 Å². The molecule has 1 fully saturated rings. The van der Waals surface area contributed by atoms with Crippen molar-refractivity contribution in [3.63, 3.8) is 0 Å². The van der Waals surface area contributed by atoms with Crippen molar-refractivity contribution in [3.8, 4) is 6.07 Å². The molecule has 1 N–H and O–H groups in total. The van der Waals surface area contributed by atoms with E-state index in [-0.39, 0.29) is 17.8 Å². The summed E-state index contributed by atoms with van der Waals surface area (Å²) in [7, 11) is 0. The lowest BCUT2D eigenvalue weighted by atomic mass is 10.1. The van der Waals surface area contributed by atoms with Crippen LogP contribution in [0.5, 0.6) is 0 Å². The Kier molecular flexibility index (Phi) is 6.07. The van der Waals surface area contributed by atoms with Crippen LogP contribution in [-0.4, -0.2) is 21.9 Å². The molecule has 3 rings (SSSR count). The minimum atomic E-state index is -0.243.